The van der Waals surface area contributed by atoms with Crippen molar-refractivity contribution in [3.8, 4) is 0 Å². The monoisotopic (exact) mass is 285 g/mol. The number of hydrogen-bond acceptors (Lipinski definition) is 1. The molecule has 1 nitrogen and oxygen atoms in total. The maximum absolute atomic E-state index is 4.91. The van der Waals surface area contributed by atoms with Crippen LogP contribution in [0.15, 0.2) is 35.3 Å². The molecule has 1 heteroatoms. The minimum Gasteiger partial charge on any atom is -0.260 e. The Labute approximate surface area is 131 Å². The molecule has 0 aromatic heterocycles. The first kappa shape index (κ1) is 17.7. The van der Waals surface area contributed by atoms with Crippen molar-refractivity contribution in [2.24, 2.45) is 10.4 Å². The van der Waals surface area contributed by atoms with Crippen LogP contribution in [0.2, 0.25) is 0 Å². The van der Waals surface area contributed by atoms with E-state index in [-0.39, 0.29) is 5.41 Å². The molecule has 0 amide bonds. The number of para-hydroxylation sites is 1. The van der Waals surface area contributed by atoms with E-state index in [2.05, 4.69) is 79.5 Å². The lowest BCUT2D eigenvalue weighted by Crippen LogP contribution is -2.13. The van der Waals surface area contributed by atoms with E-state index in [0.29, 0.717) is 11.8 Å². The quantitative estimate of drug-likeness (QED) is 0.411. The highest BCUT2D eigenvalue weighted by Gasteiger charge is 2.17. The van der Waals surface area contributed by atoms with E-state index < -0.39 is 0 Å². The van der Waals surface area contributed by atoms with Gasteiger partial charge in [0, 0.05) is 11.6 Å². The summed E-state index contributed by atoms with van der Waals surface area (Å²) in [6.45, 7) is 19.5. The molecule has 116 valence electrons. The number of rotatable bonds is 6. The van der Waals surface area contributed by atoms with Gasteiger partial charge in [-0.1, -0.05) is 65.3 Å². The molecule has 0 atom stereocenters. The molecule has 0 radical (unpaired) electrons. The average molecular weight is 285 g/mol. The fourth-order valence-corrected chi connectivity index (χ4v) is 2.72. The summed E-state index contributed by atoms with van der Waals surface area (Å²) in [5.74, 6) is 0.972. The van der Waals surface area contributed by atoms with Gasteiger partial charge in [-0.25, -0.2) is 0 Å². The molecular weight excluding hydrogens is 254 g/mol. The van der Waals surface area contributed by atoms with E-state index in [1.165, 1.54) is 16.7 Å². The van der Waals surface area contributed by atoms with E-state index in [0.717, 1.165) is 12.1 Å². The summed E-state index contributed by atoms with van der Waals surface area (Å²) in [4.78, 5) is 4.91. The molecule has 1 aromatic rings. The maximum Gasteiger partial charge on any atom is 0.0695 e. The van der Waals surface area contributed by atoms with E-state index in [1.54, 1.807) is 0 Å². The Kier molecular flexibility index (Phi) is 5.95. The molecule has 1 aromatic carbocycles. The maximum atomic E-state index is 4.91. The topological polar surface area (TPSA) is 12.4 Å². The SMILES string of the molecule is C=C(C)CC(C)(C)C=Nc1c(C(C)C)cccc1C(C)C. The van der Waals surface area contributed by atoms with Crippen molar-refractivity contribution >= 4 is 11.9 Å². The van der Waals surface area contributed by atoms with Crippen molar-refractivity contribution in [2.45, 2.75) is 66.7 Å². The molecule has 0 spiro atoms. The van der Waals surface area contributed by atoms with Gasteiger partial charge in [-0.3, -0.25) is 4.99 Å². The van der Waals surface area contributed by atoms with Gasteiger partial charge in [-0.2, -0.15) is 0 Å². The summed E-state index contributed by atoms with van der Waals surface area (Å²) in [6, 6.07) is 6.56. The van der Waals surface area contributed by atoms with Crippen molar-refractivity contribution in [3.63, 3.8) is 0 Å². The predicted octanol–water partition coefficient (Wildman–Crippen LogP) is 6.63. The van der Waals surface area contributed by atoms with Gasteiger partial charge in [0.05, 0.1) is 5.69 Å². The minimum absolute atomic E-state index is 0.0458. The molecule has 0 saturated carbocycles. The van der Waals surface area contributed by atoms with Gasteiger partial charge in [0.15, 0.2) is 0 Å². The molecule has 0 unspecified atom stereocenters. The zero-order valence-electron chi connectivity index (χ0n) is 14.8. The number of benzene rings is 1. The van der Waals surface area contributed by atoms with Crippen molar-refractivity contribution < 1.29 is 0 Å². The van der Waals surface area contributed by atoms with E-state index in [4.69, 9.17) is 4.99 Å². The second-order valence-corrected chi connectivity index (χ2v) is 7.48. The number of nitrogens with zero attached hydrogens (tertiary/aromatic N) is 1. The largest absolute Gasteiger partial charge is 0.260 e. The summed E-state index contributed by atoms with van der Waals surface area (Å²) in [7, 11) is 0. The van der Waals surface area contributed by atoms with Gasteiger partial charge < -0.3 is 0 Å². The molecule has 0 saturated heterocycles. The Morgan fingerprint density at radius 2 is 1.62 bits per heavy atom. The molecule has 0 N–H and O–H groups in total. The standard InChI is InChI=1S/C20H31N/c1-14(2)12-20(7,8)13-21-19-17(15(3)4)10-9-11-18(19)16(5)6/h9-11,13,15-16H,1,12H2,2-8H3. The lowest BCUT2D eigenvalue weighted by molar-refractivity contribution is 0.531. The molecule has 0 aliphatic heterocycles. The molecule has 0 aliphatic carbocycles. The lowest BCUT2D eigenvalue weighted by atomic mass is 9.87. The molecule has 0 aliphatic rings. The number of hydrogen-bond donors (Lipinski definition) is 0. The highest BCUT2D eigenvalue weighted by atomic mass is 14.7. The molecular formula is C20H31N. The number of allylic oxidation sites excluding steroid dienone is 1. The van der Waals surface area contributed by atoms with Crippen LogP contribution in [0.25, 0.3) is 0 Å². The Bertz CT molecular complexity index is 492. The molecule has 1 rings (SSSR count). The summed E-state index contributed by atoms with van der Waals surface area (Å²) in [5, 5.41) is 0. The smallest absolute Gasteiger partial charge is 0.0695 e. The van der Waals surface area contributed by atoms with Crippen LogP contribution in [-0.2, 0) is 0 Å². The van der Waals surface area contributed by atoms with Crippen LogP contribution in [0.1, 0.15) is 77.8 Å². The van der Waals surface area contributed by atoms with Crippen molar-refractivity contribution in [2.75, 3.05) is 0 Å². The van der Waals surface area contributed by atoms with Crippen molar-refractivity contribution in [3.05, 3.63) is 41.5 Å². The van der Waals surface area contributed by atoms with Gasteiger partial charge in [-0.05, 0) is 36.3 Å². The fourth-order valence-electron chi connectivity index (χ4n) is 2.72. The van der Waals surface area contributed by atoms with Crippen molar-refractivity contribution in [1.82, 2.24) is 0 Å². The molecule has 0 fully saturated rings. The Morgan fingerprint density at radius 3 is 2.00 bits per heavy atom. The van der Waals surface area contributed by atoms with E-state index in [1.807, 2.05) is 0 Å². The Morgan fingerprint density at radius 1 is 1.14 bits per heavy atom. The van der Waals surface area contributed by atoms with Crippen LogP contribution in [0, 0.1) is 5.41 Å². The zero-order chi connectivity index (χ0) is 16.2. The van der Waals surface area contributed by atoms with E-state index >= 15 is 0 Å². The van der Waals surface area contributed by atoms with E-state index in [9.17, 15) is 0 Å². The third-order valence-electron chi connectivity index (χ3n) is 3.64. The third kappa shape index (κ3) is 5.15. The summed E-state index contributed by atoms with van der Waals surface area (Å²) in [6.07, 6.45) is 3.08. The molecule has 21 heavy (non-hydrogen) atoms. The highest BCUT2D eigenvalue weighted by molar-refractivity contribution is 5.72. The van der Waals surface area contributed by atoms with Crippen LogP contribution in [0.5, 0.6) is 0 Å². The minimum atomic E-state index is 0.0458. The van der Waals surface area contributed by atoms with Crippen LogP contribution in [-0.4, -0.2) is 6.21 Å². The van der Waals surface area contributed by atoms with Gasteiger partial charge >= 0.3 is 0 Å². The average Bonchev–Trinajstić information content (AvgIpc) is 2.34. The first-order valence-electron chi connectivity index (χ1n) is 7.96. The first-order chi connectivity index (χ1) is 9.64. The Hall–Kier alpha value is -1.37. The van der Waals surface area contributed by atoms with Crippen LogP contribution in [0.4, 0.5) is 5.69 Å². The third-order valence-corrected chi connectivity index (χ3v) is 3.64. The van der Waals surface area contributed by atoms with Crippen LogP contribution >= 0.6 is 0 Å². The van der Waals surface area contributed by atoms with Gasteiger partial charge in [-0.15, -0.1) is 6.58 Å². The number of aliphatic imine (C=N–C) groups is 1. The Balaban J connectivity index is 3.25. The zero-order valence-corrected chi connectivity index (χ0v) is 14.8. The fraction of sp³-hybridized carbons (Fsp3) is 0.550. The van der Waals surface area contributed by atoms with Crippen LogP contribution < -0.4 is 0 Å². The normalized spacial score (nSPS) is 12.6. The van der Waals surface area contributed by atoms with Crippen LogP contribution in [0.3, 0.4) is 0 Å². The van der Waals surface area contributed by atoms with Gasteiger partial charge in [0.1, 0.15) is 0 Å². The van der Waals surface area contributed by atoms with Gasteiger partial charge in [0.2, 0.25) is 0 Å². The van der Waals surface area contributed by atoms with Gasteiger partial charge in [0.25, 0.3) is 0 Å². The summed E-state index contributed by atoms with van der Waals surface area (Å²) >= 11 is 0. The second-order valence-electron chi connectivity index (χ2n) is 7.48. The lowest BCUT2D eigenvalue weighted by Gasteiger charge is -2.21. The first-order valence-corrected chi connectivity index (χ1v) is 7.96. The molecule has 0 bridgehead atoms. The predicted molar refractivity (Wildman–Crippen MR) is 96.0 cm³/mol. The van der Waals surface area contributed by atoms with Crippen molar-refractivity contribution in [1.29, 1.82) is 0 Å². The molecule has 0 heterocycles. The summed E-state index contributed by atoms with van der Waals surface area (Å²) < 4.78 is 0. The highest BCUT2D eigenvalue weighted by Crippen LogP contribution is 2.35. The second kappa shape index (κ2) is 7.06. The summed E-state index contributed by atoms with van der Waals surface area (Å²) in [5.41, 5.74) is 5.08.